The molecule has 1 unspecified atom stereocenters. The van der Waals surface area contributed by atoms with E-state index in [1.165, 1.54) is 24.6 Å². The highest BCUT2D eigenvalue weighted by atomic mass is 19.4. The second kappa shape index (κ2) is 7.69. The predicted molar refractivity (Wildman–Crippen MR) is 97.8 cm³/mol. The van der Waals surface area contributed by atoms with Gasteiger partial charge in [-0.25, -0.2) is 4.39 Å². The summed E-state index contributed by atoms with van der Waals surface area (Å²) in [5, 5.41) is 10.3. The Labute approximate surface area is 164 Å². The second-order valence-corrected chi connectivity index (χ2v) is 6.70. The predicted octanol–water partition coefficient (Wildman–Crippen LogP) is 4.10. The fourth-order valence-corrected chi connectivity index (χ4v) is 2.88. The highest BCUT2D eigenvalue weighted by Gasteiger charge is 2.35. The van der Waals surface area contributed by atoms with E-state index < -0.39 is 23.8 Å². The number of aromatic nitrogens is 4. The van der Waals surface area contributed by atoms with E-state index in [1.54, 1.807) is 31.2 Å². The van der Waals surface area contributed by atoms with E-state index in [2.05, 4.69) is 15.5 Å². The number of hydrogen-bond acceptors (Lipinski definition) is 3. The van der Waals surface area contributed by atoms with E-state index in [0.717, 1.165) is 10.7 Å². The first-order valence-electron chi connectivity index (χ1n) is 8.78. The number of alkyl halides is 3. The number of carbonyl (C=O) groups excluding carboxylic acids is 1. The lowest BCUT2D eigenvalue weighted by Gasteiger charge is -2.13. The van der Waals surface area contributed by atoms with Gasteiger partial charge in [0.05, 0.1) is 6.54 Å². The summed E-state index contributed by atoms with van der Waals surface area (Å²) >= 11 is 0. The van der Waals surface area contributed by atoms with Crippen molar-refractivity contribution >= 4 is 11.7 Å². The van der Waals surface area contributed by atoms with Gasteiger partial charge in [0, 0.05) is 23.0 Å². The van der Waals surface area contributed by atoms with Gasteiger partial charge in [0.1, 0.15) is 11.9 Å². The van der Waals surface area contributed by atoms with Crippen LogP contribution in [0.3, 0.4) is 0 Å². The average Bonchev–Trinajstić information content (AvgIpc) is 3.19. The number of amides is 1. The van der Waals surface area contributed by atoms with Gasteiger partial charge in [0.15, 0.2) is 11.5 Å². The number of nitrogens with zero attached hydrogens (tertiary/aromatic N) is 4. The zero-order valence-corrected chi connectivity index (χ0v) is 16.0. The van der Waals surface area contributed by atoms with Crippen molar-refractivity contribution in [3.63, 3.8) is 0 Å². The van der Waals surface area contributed by atoms with Crippen LogP contribution in [-0.4, -0.2) is 25.5 Å². The fourth-order valence-electron chi connectivity index (χ4n) is 2.88. The Kier molecular flexibility index (Phi) is 5.45. The first kappa shape index (κ1) is 20.6. The van der Waals surface area contributed by atoms with E-state index in [0.29, 0.717) is 11.3 Å². The average molecular weight is 409 g/mol. The number of anilines is 1. The number of benzene rings is 1. The van der Waals surface area contributed by atoms with Crippen molar-refractivity contribution in [2.45, 2.75) is 39.5 Å². The van der Waals surface area contributed by atoms with Crippen molar-refractivity contribution in [3.05, 3.63) is 64.9 Å². The molecule has 1 N–H and O–H groups in total. The van der Waals surface area contributed by atoms with E-state index >= 15 is 0 Å². The fraction of sp³-hybridized carbons (Fsp3) is 0.316. The summed E-state index contributed by atoms with van der Waals surface area (Å²) in [6, 6.07) is 7.78. The van der Waals surface area contributed by atoms with Crippen LogP contribution in [0.1, 0.15) is 35.6 Å². The smallest absolute Gasteiger partial charge is 0.307 e. The summed E-state index contributed by atoms with van der Waals surface area (Å²) in [7, 11) is 0. The molecule has 154 valence electrons. The van der Waals surface area contributed by atoms with Crippen LogP contribution in [0.2, 0.25) is 0 Å². The minimum Gasteiger partial charge on any atom is -0.307 e. The standard InChI is InChI=1S/C19H19F4N5O/c1-11-9-17(26-27(11)10-14-6-4-5-7-15(14)20)24-18(29)13(3)28-12(2)8-16(25-28)19(21,22)23/h4-9,13H,10H2,1-3H3,(H,24,26,29). The molecule has 0 fully saturated rings. The van der Waals surface area contributed by atoms with Gasteiger partial charge in [-0.3, -0.25) is 14.2 Å². The van der Waals surface area contributed by atoms with Gasteiger partial charge in [-0.05, 0) is 32.9 Å². The first-order chi connectivity index (χ1) is 13.6. The van der Waals surface area contributed by atoms with Gasteiger partial charge < -0.3 is 5.32 Å². The molecule has 0 radical (unpaired) electrons. The molecule has 0 aliphatic carbocycles. The molecule has 6 nitrogen and oxygen atoms in total. The van der Waals surface area contributed by atoms with Crippen LogP contribution < -0.4 is 5.32 Å². The van der Waals surface area contributed by atoms with Gasteiger partial charge in [0.2, 0.25) is 5.91 Å². The number of rotatable bonds is 5. The number of halogens is 4. The lowest BCUT2D eigenvalue weighted by molar-refractivity contribution is -0.141. The summed E-state index contributed by atoms with van der Waals surface area (Å²) < 4.78 is 54.9. The van der Waals surface area contributed by atoms with Crippen molar-refractivity contribution in [1.29, 1.82) is 0 Å². The van der Waals surface area contributed by atoms with Crippen LogP contribution in [0, 0.1) is 19.7 Å². The normalized spacial score (nSPS) is 12.8. The van der Waals surface area contributed by atoms with Gasteiger partial charge in [-0.2, -0.15) is 23.4 Å². The maximum Gasteiger partial charge on any atom is 0.435 e. The van der Waals surface area contributed by atoms with E-state index in [9.17, 15) is 22.4 Å². The molecule has 0 saturated carbocycles. The Balaban J connectivity index is 1.74. The molecule has 0 aliphatic rings. The third-order valence-electron chi connectivity index (χ3n) is 4.47. The van der Waals surface area contributed by atoms with E-state index in [4.69, 9.17) is 0 Å². The Morgan fingerprint density at radius 3 is 2.45 bits per heavy atom. The SMILES string of the molecule is Cc1cc(NC(=O)C(C)n2nc(C(F)(F)F)cc2C)nn1Cc1ccccc1F. The maximum absolute atomic E-state index is 13.8. The quantitative estimate of drug-likeness (QED) is 0.646. The van der Waals surface area contributed by atoms with Crippen molar-refractivity contribution in [2.75, 3.05) is 5.32 Å². The van der Waals surface area contributed by atoms with Crippen molar-refractivity contribution in [2.24, 2.45) is 0 Å². The van der Waals surface area contributed by atoms with Gasteiger partial charge in [-0.1, -0.05) is 18.2 Å². The molecule has 0 aliphatic heterocycles. The first-order valence-corrected chi connectivity index (χ1v) is 8.78. The molecule has 1 amide bonds. The van der Waals surface area contributed by atoms with Crippen LogP contribution in [0.15, 0.2) is 36.4 Å². The number of nitrogens with one attached hydrogen (secondary N) is 1. The van der Waals surface area contributed by atoms with Crippen molar-refractivity contribution in [1.82, 2.24) is 19.6 Å². The largest absolute Gasteiger partial charge is 0.435 e. The molecule has 3 rings (SSSR count). The van der Waals surface area contributed by atoms with E-state index in [-0.39, 0.29) is 23.9 Å². The molecule has 1 atom stereocenters. The van der Waals surface area contributed by atoms with Crippen molar-refractivity contribution in [3.8, 4) is 0 Å². The minimum atomic E-state index is -4.59. The molecule has 0 spiro atoms. The summed E-state index contributed by atoms with van der Waals surface area (Å²) in [6.45, 7) is 4.81. The number of aryl methyl sites for hydroxylation is 2. The minimum absolute atomic E-state index is 0.178. The summed E-state index contributed by atoms with van der Waals surface area (Å²) in [4.78, 5) is 12.5. The molecule has 2 aromatic heterocycles. The summed E-state index contributed by atoms with van der Waals surface area (Å²) in [6.07, 6.45) is -4.59. The van der Waals surface area contributed by atoms with Gasteiger partial charge >= 0.3 is 6.18 Å². The Morgan fingerprint density at radius 1 is 1.14 bits per heavy atom. The molecule has 3 aromatic rings. The van der Waals surface area contributed by atoms with Gasteiger partial charge in [0.25, 0.3) is 0 Å². The number of carbonyl (C=O) groups is 1. The molecule has 0 saturated heterocycles. The zero-order valence-electron chi connectivity index (χ0n) is 16.0. The molecule has 10 heteroatoms. The molecule has 2 heterocycles. The summed E-state index contributed by atoms with van der Waals surface area (Å²) in [5.74, 6) is -0.715. The van der Waals surface area contributed by atoms with Crippen LogP contribution in [-0.2, 0) is 17.5 Å². The summed E-state index contributed by atoms with van der Waals surface area (Å²) in [5.41, 5.74) is 0.281. The third kappa shape index (κ3) is 4.47. The lowest BCUT2D eigenvalue weighted by Crippen LogP contribution is -2.26. The van der Waals surface area contributed by atoms with E-state index in [1.807, 2.05) is 0 Å². The molecular formula is C19H19F4N5O. The monoisotopic (exact) mass is 409 g/mol. The van der Waals surface area contributed by atoms with Gasteiger partial charge in [-0.15, -0.1) is 0 Å². The Bertz CT molecular complexity index is 1040. The highest BCUT2D eigenvalue weighted by molar-refractivity contribution is 5.92. The lowest BCUT2D eigenvalue weighted by atomic mass is 10.2. The zero-order chi connectivity index (χ0) is 21.3. The Hall–Kier alpha value is -3.17. The van der Waals surface area contributed by atoms with Crippen molar-refractivity contribution < 1.29 is 22.4 Å². The van der Waals surface area contributed by atoms with Crippen LogP contribution in [0.25, 0.3) is 0 Å². The molecule has 29 heavy (non-hydrogen) atoms. The highest BCUT2D eigenvalue weighted by Crippen LogP contribution is 2.29. The van der Waals surface area contributed by atoms with Crippen LogP contribution >= 0.6 is 0 Å². The topological polar surface area (TPSA) is 64.7 Å². The Morgan fingerprint density at radius 2 is 1.83 bits per heavy atom. The molecule has 0 bridgehead atoms. The van der Waals surface area contributed by atoms with Crippen LogP contribution in [0.4, 0.5) is 23.4 Å². The molecular weight excluding hydrogens is 390 g/mol. The van der Waals surface area contributed by atoms with Crippen LogP contribution in [0.5, 0.6) is 0 Å². The maximum atomic E-state index is 13.8. The number of hydrogen-bond donors (Lipinski definition) is 1. The second-order valence-electron chi connectivity index (χ2n) is 6.70. The third-order valence-corrected chi connectivity index (χ3v) is 4.47. The molecule has 1 aromatic carbocycles.